The van der Waals surface area contributed by atoms with E-state index < -0.39 is 11.9 Å². The van der Waals surface area contributed by atoms with Crippen molar-refractivity contribution in [3.63, 3.8) is 0 Å². The Kier molecular flexibility index (Phi) is 4.88. The van der Waals surface area contributed by atoms with Crippen molar-refractivity contribution in [2.75, 3.05) is 20.3 Å². The number of carbonyl (C=O) groups is 3. The van der Waals surface area contributed by atoms with Crippen molar-refractivity contribution >= 4 is 23.6 Å². The van der Waals surface area contributed by atoms with Crippen LogP contribution in [0.4, 0.5) is 0 Å². The maximum atomic E-state index is 12.1. The van der Waals surface area contributed by atoms with Crippen molar-refractivity contribution in [1.82, 2.24) is 5.32 Å². The molecule has 0 bridgehead atoms. The van der Waals surface area contributed by atoms with Crippen LogP contribution in [-0.2, 0) is 14.3 Å². The van der Waals surface area contributed by atoms with Gasteiger partial charge in [-0.05, 0) is 12.1 Å². The minimum Gasteiger partial charge on any atom is -0.465 e. The highest BCUT2D eigenvalue weighted by Gasteiger charge is 2.23. The van der Waals surface area contributed by atoms with Crippen LogP contribution >= 0.6 is 0 Å². The van der Waals surface area contributed by atoms with Gasteiger partial charge in [0.05, 0.1) is 30.8 Å². The zero-order valence-corrected chi connectivity index (χ0v) is 12.3. The summed E-state index contributed by atoms with van der Waals surface area (Å²) in [6.45, 7) is 1.82. The first-order valence-electron chi connectivity index (χ1n) is 6.69. The topological polar surface area (TPSA) is 94.1 Å². The third kappa shape index (κ3) is 3.49. The summed E-state index contributed by atoms with van der Waals surface area (Å²) in [6, 6.07) is 6.01. The molecule has 1 atom stereocenters. The second kappa shape index (κ2) is 6.84. The Morgan fingerprint density at radius 3 is 2.41 bits per heavy atom. The summed E-state index contributed by atoms with van der Waals surface area (Å²) in [5, 5.41) is 2.88. The number of rotatable bonds is 5. The lowest BCUT2D eigenvalue weighted by Gasteiger charge is -2.12. The number of hydrogen-bond donors (Lipinski definition) is 1. The van der Waals surface area contributed by atoms with Crippen molar-refractivity contribution in [2.24, 2.45) is 4.99 Å². The quantitative estimate of drug-likeness (QED) is 0.800. The zero-order chi connectivity index (χ0) is 16.1. The van der Waals surface area contributed by atoms with E-state index in [9.17, 15) is 14.4 Å². The van der Waals surface area contributed by atoms with Crippen LogP contribution in [-0.4, -0.2) is 49.9 Å². The van der Waals surface area contributed by atoms with E-state index in [1.54, 1.807) is 12.1 Å². The molecule has 1 unspecified atom stereocenters. The molecule has 0 radical (unpaired) electrons. The monoisotopic (exact) mass is 304 g/mol. The Labute approximate surface area is 127 Å². The SMILES string of the molecule is COC(=O)c1ccccc1C(=O)OCC1CN=C(C(C)=O)N1. The predicted molar refractivity (Wildman–Crippen MR) is 78.0 cm³/mol. The number of ether oxygens (including phenoxy) is 2. The number of nitrogens with zero attached hydrogens (tertiary/aromatic N) is 1. The second-order valence-corrected chi connectivity index (χ2v) is 4.72. The normalized spacial score (nSPS) is 16.5. The van der Waals surface area contributed by atoms with Crippen LogP contribution < -0.4 is 5.32 Å². The molecule has 1 aromatic carbocycles. The number of Topliss-reactive ketones (excluding diaryl/α,β-unsaturated/α-hetero) is 1. The largest absolute Gasteiger partial charge is 0.465 e. The molecule has 7 heteroatoms. The first kappa shape index (κ1) is 15.7. The second-order valence-electron chi connectivity index (χ2n) is 4.72. The van der Waals surface area contributed by atoms with Gasteiger partial charge in [-0.15, -0.1) is 0 Å². The molecule has 1 aliphatic rings. The summed E-state index contributed by atoms with van der Waals surface area (Å²) < 4.78 is 9.81. The van der Waals surface area contributed by atoms with E-state index >= 15 is 0 Å². The lowest BCUT2D eigenvalue weighted by Crippen LogP contribution is -2.37. The Balaban J connectivity index is 1.97. The summed E-state index contributed by atoms with van der Waals surface area (Å²) in [6.07, 6.45) is 0. The lowest BCUT2D eigenvalue weighted by atomic mass is 10.1. The fourth-order valence-electron chi connectivity index (χ4n) is 2.00. The lowest BCUT2D eigenvalue weighted by molar-refractivity contribution is -0.111. The molecule has 0 fully saturated rings. The summed E-state index contributed by atoms with van der Waals surface area (Å²) in [4.78, 5) is 38.9. The number of ketones is 1. The van der Waals surface area contributed by atoms with Gasteiger partial charge < -0.3 is 14.8 Å². The van der Waals surface area contributed by atoms with E-state index in [0.717, 1.165) is 0 Å². The van der Waals surface area contributed by atoms with Crippen LogP contribution in [0.2, 0.25) is 0 Å². The molecule has 1 aromatic rings. The van der Waals surface area contributed by atoms with Gasteiger partial charge in [0, 0.05) is 6.92 Å². The van der Waals surface area contributed by atoms with Crippen molar-refractivity contribution in [2.45, 2.75) is 13.0 Å². The van der Waals surface area contributed by atoms with Crippen LogP contribution in [0.1, 0.15) is 27.6 Å². The minimum atomic E-state index is -0.626. The molecule has 0 amide bonds. The first-order valence-corrected chi connectivity index (χ1v) is 6.69. The average molecular weight is 304 g/mol. The van der Waals surface area contributed by atoms with Crippen LogP contribution in [0.5, 0.6) is 0 Å². The van der Waals surface area contributed by atoms with Gasteiger partial charge in [0.25, 0.3) is 0 Å². The molecule has 1 N–H and O–H groups in total. The number of esters is 2. The maximum absolute atomic E-state index is 12.1. The highest BCUT2D eigenvalue weighted by Crippen LogP contribution is 2.12. The van der Waals surface area contributed by atoms with Crippen molar-refractivity contribution < 1.29 is 23.9 Å². The first-order chi connectivity index (χ1) is 10.5. The van der Waals surface area contributed by atoms with Crippen LogP contribution in [0, 0.1) is 0 Å². The molecule has 1 heterocycles. The number of methoxy groups -OCH3 is 1. The number of benzene rings is 1. The van der Waals surface area contributed by atoms with E-state index in [2.05, 4.69) is 15.0 Å². The Morgan fingerprint density at radius 2 is 1.86 bits per heavy atom. The fraction of sp³-hybridized carbons (Fsp3) is 0.333. The van der Waals surface area contributed by atoms with E-state index in [1.807, 2.05) is 0 Å². The number of aliphatic imine (C=N–C) groups is 1. The number of nitrogens with one attached hydrogen (secondary N) is 1. The third-order valence-corrected chi connectivity index (χ3v) is 3.11. The molecule has 22 heavy (non-hydrogen) atoms. The summed E-state index contributed by atoms with van der Waals surface area (Å²) >= 11 is 0. The summed E-state index contributed by atoms with van der Waals surface area (Å²) in [7, 11) is 1.24. The van der Waals surface area contributed by atoms with Crippen molar-refractivity contribution in [3.05, 3.63) is 35.4 Å². The molecule has 116 valence electrons. The number of carbonyl (C=O) groups excluding carboxylic acids is 3. The van der Waals surface area contributed by atoms with Crippen LogP contribution in [0.15, 0.2) is 29.3 Å². The molecule has 7 nitrogen and oxygen atoms in total. The minimum absolute atomic E-state index is 0.0502. The van der Waals surface area contributed by atoms with Crippen molar-refractivity contribution in [1.29, 1.82) is 0 Å². The third-order valence-electron chi connectivity index (χ3n) is 3.11. The summed E-state index contributed by atoms with van der Waals surface area (Å²) in [5.41, 5.74) is 0.287. The van der Waals surface area contributed by atoms with E-state index in [-0.39, 0.29) is 35.4 Å². The highest BCUT2D eigenvalue weighted by molar-refractivity contribution is 6.38. The van der Waals surface area contributed by atoms with E-state index in [0.29, 0.717) is 6.54 Å². The Hall–Kier alpha value is -2.70. The molecule has 1 aliphatic heterocycles. The molecule has 0 aromatic heterocycles. The molecule has 0 saturated carbocycles. The van der Waals surface area contributed by atoms with E-state index in [4.69, 9.17) is 4.74 Å². The van der Waals surface area contributed by atoms with Crippen molar-refractivity contribution in [3.8, 4) is 0 Å². The molecule has 0 saturated heterocycles. The van der Waals surface area contributed by atoms with Gasteiger partial charge in [-0.3, -0.25) is 9.79 Å². The van der Waals surface area contributed by atoms with Gasteiger partial charge in [0.15, 0.2) is 11.6 Å². The van der Waals surface area contributed by atoms with Crippen LogP contribution in [0.3, 0.4) is 0 Å². The Morgan fingerprint density at radius 1 is 1.23 bits per heavy atom. The highest BCUT2D eigenvalue weighted by atomic mass is 16.5. The van der Waals surface area contributed by atoms with Gasteiger partial charge in [-0.25, -0.2) is 9.59 Å². The molecule has 0 spiro atoms. The van der Waals surface area contributed by atoms with Gasteiger partial charge in [0.2, 0.25) is 0 Å². The van der Waals surface area contributed by atoms with Gasteiger partial charge in [-0.1, -0.05) is 12.1 Å². The zero-order valence-electron chi connectivity index (χ0n) is 12.3. The summed E-state index contributed by atoms with van der Waals surface area (Å²) in [5.74, 6) is -1.10. The molecular weight excluding hydrogens is 288 g/mol. The number of hydrogen-bond acceptors (Lipinski definition) is 7. The Bertz CT molecular complexity index is 639. The molecular formula is C15H16N2O5. The van der Waals surface area contributed by atoms with Gasteiger partial charge in [-0.2, -0.15) is 0 Å². The predicted octanol–water partition coefficient (Wildman–Crippen LogP) is 0.589. The number of amidine groups is 1. The molecule has 2 rings (SSSR count). The molecule has 0 aliphatic carbocycles. The average Bonchev–Trinajstić information content (AvgIpc) is 3.01. The van der Waals surface area contributed by atoms with Crippen LogP contribution in [0.25, 0.3) is 0 Å². The van der Waals surface area contributed by atoms with E-state index in [1.165, 1.54) is 26.2 Å². The maximum Gasteiger partial charge on any atom is 0.339 e. The smallest absolute Gasteiger partial charge is 0.339 e. The standard InChI is InChI=1S/C15H16N2O5/c1-9(18)13-16-7-10(17-13)8-22-15(20)12-6-4-3-5-11(12)14(19)21-2/h3-6,10H,7-8H2,1-2H3,(H,16,17). The van der Waals surface area contributed by atoms with Gasteiger partial charge >= 0.3 is 11.9 Å². The fourth-order valence-corrected chi connectivity index (χ4v) is 2.00. The van der Waals surface area contributed by atoms with Gasteiger partial charge in [0.1, 0.15) is 6.61 Å².